The third kappa shape index (κ3) is 1.96. The van der Waals surface area contributed by atoms with Crippen molar-refractivity contribution in [3.63, 3.8) is 0 Å². The van der Waals surface area contributed by atoms with E-state index in [4.69, 9.17) is 6.42 Å². The van der Waals surface area contributed by atoms with Crippen LogP contribution in [0.2, 0.25) is 0 Å². The number of nitrogens with one attached hydrogen (secondary N) is 1. The summed E-state index contributed by atoms with van der Waals surface area (Å²) in [7, 11) is 0. The number of amides is 2. The van der Waals surface area contributed by atoms with Crippen LogP contribution in [0.15, 0.2) is 0 Å². The Kier molecular flexibility index (Phi) is 2.97. The number of carbonyl (C=O) groups excluding carboxylic acids is 2. The van der Waals surface area contributed by atoms with Crippen LogP contribution >= 0.6 is 0 Å². The first-order chi connectivity index (χ1) is 7.67. The number of likely N-dealkylation sites (tertiary alicyclic amines) is 1. The van der Waals surface area contributed by atoms with Crippen LogP contribution in [0, 0.1) is 12.3 Å². The molecule has 16 heavy (non-hydrogen) atoms. The molecular weight excluding hydrogens is 204 g/mol. The summed E-state index contributed by atoms with van der Waals surface area (Å²) >= 11 is 0. The lowest BCUT2D eigenvalue weighted by atomic mass is 10.1. The van der Waals surface area contributed by atoms with Crippen LogP contribution in [-0.4, -0.2) is 34.8 Å². The Balaban J connectivity index is 2.00. The maximum Gasteiger partial charge on any atom is 0.247 e. The van der Waals surface area contributed by atoms with Crippen LogP contribution in [0.5, 0.6) is 0 Å². The van der Waals surface area contributed by atoms with Crippen LogP contribution in [0.25, 0.3) is 0 Å². The quantitative estimate of drug-likeness (QED) is 0.547. The van der Waals surface area contributed by atoms with Crippen LogP contribution in [0.1, 0.15) is 32.6 Å². The normalized spacial score (nSPS) is 27.0. The average Bonchev–Trinajstić information content (AvgIpc) is 3.04. The fourth-order valence-corrected chi connectivity index (χ4v) is 2.02. The molecule has 2 fully saturated rings. The van der Waals surface area contributed by atoms with Crippen molar-refractivity contribution in [2.45, 2.75) is 50.7 Å². The Hall–Kier alpha value is -1.34. The zero-order chi connectivity index (χ0) is 11.7. The molecule has 4 heteroatoms. The molecule has 2 unspecified atom stereocenters. The van der Waals surface area contributed by atoms with E-state index in [1.165, 1.54) is 4.90 Å². The van der Waals surface area contributed by atoms with Crippen molar-refractivity contribution in [3.05, 3.63) is 0 Å². The molecule has 0 aromatic heterocycles. The largest absolute Gasteiger partial charge is 0.292 e. The number of hydrogen-bond acceptors (Lipinski definition) is 3. The molecular formula is C12H16N2O2. The average molecular weight is 220 g/mol. The van der Waals surface area contributed by atoms with Gasteiger partial charge in [0.05, 0.1) is 18.5 Å². The van der Waals surface area contributed by atoms with Crippen molar-refractivity contribution < 1.29 is 9.59 Å². The summed E-state index contributed by atoms with van der Waals surface area (Å²) in [6.07, 6.45) is 8.26. The fraction of sp³-hybridized carbons (Fsp3) is 0.667. The third-order valence-corrected chi connectivity index (χ3v) is 3.11. The summed E-state index contributed by atoms with van der Waals surface area (Å²) in [6, 6.07) is -0.368. The van der Waals surface area contributed by atoms with E-state index in [2.05, 4.69) is 11.2 Å². The predicted octanol–water partition coefficient (Wildman–Crippen LogP) is 0.278. The fourth-order valence-electron chi connectivity index (χ4n) is 2.02. The Labute approximate surface area is 95.4 Å². The number of terminal acetylenes is 1. The summed E-state index contributed by atoms with van der Waals surface area (Å²) in [5.41, 5.74) is 0. The number of carbonyl (C=O) groups is 2. The summed E-state index contributed by atoms with van der Waals surface area (Å²) in [5.74, 6) is 2.43. The summed E-state index contributed by atoms with van der Waals surface area (Å²) < 4.78 is 0. The van der Waals surface area contributed by atoms with E-state index in [0.717, 1.165) is 19.3 Å². The maximum absolute atomic E-state index is 11.9. The highest BCUT2D eigenvalue weighted by Gasteiger charge is 2.46. The van der Waals surface area contributed by atoms with Gasteiger partial charge >= 0.3 is 0 Å². The van der Waals surface area contributed by atoms with Crippen LogP contribution in [0.3, 0.4) is 0 Å². The third-order valence-electron chi connectivity index (χ3n) is 3.11. The van der Waals surface area contributed by atoms with Gasteiger partial charge in [-0.25, -0.2) is 0 Å². The zero-order valence-corrected chi connectivity index (χ0v) is 9.40. The number of rotatable bonds is 4. The van der Waals surface area contributed by atoms with Crippen molar-refractivity contribution in [1.29, 1.82) is 0 Å². The molecule has 1 saturated carbocycles. The standard InChI is InChI=1S/C12H16N2O2/c1-3-8(4-2)13-10-7-11(15)14(12(10)16)9-5-6-9/h1,8-10,13H,4-7H2,2H3. The molecule has 0 aromatic rings. The van der Waals surface area contributed by atoms with Gasteiger partial charge in [0, 0.05) is 6.04 Å². The van der Waals surface area contributed by atoms with Crippen molar-refractivity contribution in [3.8, 4) is 12.3 Å². The second kappa shape index (κ2) is 4.26. The second-order valence-corrected chi connectivity index (χ2v) is 4.38. The van der Waals surface area contributed by atoms with Crippen molar-refractivity contribution in [2.24, 2.45) is 0 Å². The Morgan fingerprint density at radius 2 is 2.25 bits per heavy atom. The maximum atomic E-state index is 11.9. The lowest BCUT2D eigenvalue weighted by Gasteiger charge is -2.17. The highest BCUT2D eigenvalue weighted by molar-refractivity contribution is 6.06. The van der Waals surface area contributed by atoms with Gasteiger partial charge < -0.3 is 0 Å². The van der Waals surface area contributed by atoms with Gasteiger partial charge in [-0.3, -0.25) is 19.8 Å². The van der Waals surface area contributed by atoms with E-state index in [0.29, 0.717) is 0 Å². The molecule has 0 radical (unpaired) electrons. The molecule has 2 rings (SSSR count). The van der Waals surface area contributed by atoms with Gasteiger partial charge in [0.2, 0.25) is 11.8 Å². The molecule has 1 aliphatic heterocycles. The molecule has 2 amide bonds. The first-order valence-corrected chi connectivity index (χ1v) is 5.75. The highest BCUT2D eigenvalue weighted by Crippen LogP contribution is 2.31. The van der Waals surface area contributed by atoms with Crippen LogP contribution in [-0.2, 0) is 9.59 Å². The lowest BCUT2D eigenvalue weighted by Crippen LogP contribution is -2.43. The highest BCUT2D eigenvalue weighted by atomic mass is 16.2. The topological polar surface area (TPSA) is 49.4 Å². The summed E-state index contributed by atoms with van der Waals surface area (Å²) in [4.78, 5) is 25.0. The number of hydrogen-bond donors (Lipinski definition) is 1. The lowest BCUT2D eigenvalue weighted by molar-refractivity contribution is -0.139. The van der Waals surface area contributed by atoms with Gasteiger partial charge in [0.1, 0.15) is 0 Å². The monoisotopic (exact) mass is 220 g/mol. The van der Waals surface area contributed by atoms with Crippen molar-refractivity contribution >= 4 is 11.8 Å². The summed E-state index contributed by atoms with van der Waals surface area (Å²) in [5, 5.41) is 3.06. The SMILES string of the molecule is C#CC(CC)NC1CC(=O)N(C2CC2)C1=O. The van der Waals surface area contributed by atoms with E-state index in [1.54, 1.807) is 0 Å². The smallest absolute Gasteiger partial charge is 0.247 e. The van der Waals surface area contributed by atoms with E-state index < -0.39 is 6.04 Å². The molecule has 0 spiro atoms. The zero-order valence-electron chi connectivity index (χ0n) is 9.40. The molecule has 1 heterocycles. The minimum Gasteiger partial charge on any atom is -0.292 e. The molecule has 4 nitrogen and oxygen atoms in total. The van der Waals surface area contributed by atoms with E-state index in [1.807, 2.05) is 6.92 Å². The number of nitrogens with zero attached hydrogens (tertiary/aromatic N) is 1. The first kappa shape index (κ1) is 11.2. The minimum atomic E-state index is -0.408. The van der Waals surface area contributed by atoms with Gasteiger partial charge in [0.15, 0.2) is 0 Å². The molecule has 86 valence electrons. The van der Waals surface area contributed by atoms with Gasteiger partial charge in [-0.2, -0.15) is 0 Å². The van der Waals surface area contributed by atoms with Crippen LogP contribution in [0.4, 0.5) is 0 Å². The molecule has 1 saturated heterocycles. The summed E-state index contributed by atoms with van der Waals surface area (Å²) in [6.45, 7) is 1.96. The minimum absolute atomic E-state index is 0.0584. The predicted molar refractivity (Wildman–Crippen MR) is 59.3 cm³/mol. The number of imide groups is 1. The Bertz CT molecular complexity index is 355. The van der Waals surface area contributed by atoms with Gasteiger partial charge in [0.25, 0.3) is 0 Å². The molecule has 1 N–H and O–H groups in total. The Morgan fingerprint density at radius 3 is 2.75 bits per heavy atom. The van der Waals surface area contributed by atoms with Crippen molar-refractivity contribution in [2.75, 3.05) is 0 Å². The van der Waals surface area contributed by atoms with Crippen LogP contribution < -0.4 is 5.32 Å². The molecule has 0 bridgehead atoms. The van der Waals surface area contributed by atoms with Gasteiger partial charge in [-0.05, 0) is 19.3 Å². The molecule has 0 aromatic carbocycles. The van der Waals surface area contributed by atoms with E-state index in [9.17, 15) is 9.59 Å². The van der Waals surface area contributed by atoms with E-state index in [-0.39, 0.29) is 30.3 Å². The molecule has 2 atom stereocenters. The van der Waals surface area contributed by atoms with Gasteiger partial charge in [-0.15, -0.1) is 6.42 Å². The van der Waals surface area contributed by atoms with Crippen molar-refractivity contribution in [1.82, 2.24) is 10.2 Å². The second-order valence-electron chi connectivity index (χ2n) is 4.38. The van der Waals surface area contributed by atoms with E-state index >= 15 is 0 Å². The van der Waals surface area contributed by atoms with Gasteiger partial charge in [-0.1, -0.05) is 12.8 Å². The Morgan fingerprint density at radius 1 is 1.56 bits per heavy atom. The molecule has 1 aliphatic carbocycles. The first-order valence-electron chi connectivity index (χ1n) is 5.75. The molecule has 2 aliphatic rings.